The lowest BCUT2D eigenvalue weighted by molar-refractivity contribution is -0.139. The summed E-state index contributed by atoms with van der Waals surface area (Å²) in [5.74, 6) is -1.34. The molecule has 7 heteroatoms. The van der Waals surface area contributed by atoms with Crippen LogP contribution in [0.25, 0.3) is 5.76 Å². The van der Waals surface area contributed by atoms with Gasteiger partial charge in [-0.3, -0.25) is 9.59 Å². The second kappa shape index (κ2) is 8.89. The van der Waals surface area contributed by atoms with E-state index in [4.69, 9.17) is 27.9 Å². The highest BCUT2D eigenvalue weighted by Crippen LogP contribution is 2.41. The first-order valence-corrected chi connectivity index (χ1v) is 10.0. The Morgan fingerprint density at radius 1 is 1.10 bits per heavy atom. The Balaban J connectivity index is 2.22. The van der Waals surface area contributed by atoms with Gasteiger partial charge in [-0.1, -0.05) is 48.7 Å². The molecule has 0 bridgehead atoms. The summed E-state index contributed by atoms with van der Waals surface area (Å²) in [6, 6.07) is 10.9. The van der Waals surface area contributed by atoms with Crippen LogP contribution in [0.2, 0.25) is 10.0 Å². The van der Waals surface area contributed by atoms with Crippen LogP contribution in [0.5, 0.6) is 5.75 Å². The third-order valence-corrected chi connectivity index (χ3v) is 5.38. The van der Waals surface area contributed by atoms with Crippen LogP contribution >= 0.6 is 23.2 Å². The number of halogens is 2. The minimum atomic E-state index is -0.736. The zero-order valence-corrected chi connectivity index (χ0v) is 17.6. The van der Waals surface area contributed by atoms with Gasteiger partial charge in [-0.05, 0) is 42.3 Å². The molecule has 1 heterocycles. The number of methoxy groups -OCH3 is 1. The van der Waals surface area contributed by atoms with Gasteiger partial charge in [-0.15, -0.1) is 0 Å². The van der Waals surface area contributed by atoms with Crippen LogP contribution in [0.3, 0.4) is 0 Å². The number of benzene rings is 2. The number of aliphatic hydroxyl groups excluding tert-OH is 1. The monoisotopic (exact) mass is 433 g/mol. The number of carbonyl (C=O) groups excluding carboxylic acids is 2. The van der Waals surface area contributed by atoms with E-state index < -0.39 is 17.7 Å². The average Bonchev–Trinajstić information content (AvgIpc) is 2.97. The van der Waals surface area contributed by atoms with E-state index in [1.807, 2.05) is 6.92 Å². The Labute approximate surface area is 179 Å². The SMILES string of the molecule is CCCCN1C(=O)C(=O)/C(=C(/O)c2cc(Cl)ccc2OC)C1c1ccc(Cl)cc1. The van der Waals surface area contributed by atoms with Crippen LogP contribution in [0, 0.1) is 0 Å². The minimum Gasteiger partial charge on any atom is -0.507 e. The molecule has 2 aromatic rings. The molecule has 1 atom stereocenters. The maximum Gasteiger partial charge on any atom is 0.295 e. The third kappa shape index (κ3) is 4.11. The number of ether oxygens (including phenoxy) is 1. The van der Waals surface area contributed by atoms with E-state index in [9.17, 15) is 14.7 Å². The van der Waals surface area contributed by atoms with Gasteiger partial charge < -0.3 is 14.7 Å². The van der Waals surface area contributed by atoms with E-state index in [1.54, 1.807) is 36.4 Å². The quantitative estimate of drug-likeness (QED) is 0.385. The summed E-state index contributed by atoms with van der Waals surface area (Å²) in [6.45, 7) is 2.41. The highest BCUT2D eigenvalue weighted by atomic mass is 35.5. The number of amides is 1. The Kier molecular flexibility index (Phi) is 6.50. The summed E-state index contributed by atoms with van der Waals surface area (Å²) in [5.41, 5.74) is 0.952. The van der Waals surface area contributed by atoms with Crippen molar-refractivity contribution >= 4 is 40.7 Å². The number of ketones is 1. The molecule has 0 radical (unpaired) electrons. The van der Waals surface area contributed by atoms with Crippen LogP contribution in [0.1, 0.15) is 36.9 Å². The van der Waals surface area contributed by atoms with Crippen LogP contribution < -0.4 is 4.74 Å². The lowest BCUT2D eigenvalue weighted by atomic mass is 9.95. The number of Topliss-reactive ketones (excluding diaryl/α,β-unsaturated/α-hetero) is 1. The van der Waals surface area contributed by atoms with Crippen molar-refractivity contribution in [3.8, 4) is 5.75 Å². The van der Waals surface area contributed by atoms with Crippen molar-refractivity contribution in [2.24, 2.45) is 0 Å². The first-order valence-electron chi connectivity index (χ1n) is 9.26. The Bertz CT molecular complexity index is 969. The van der Waals surface area contributed by atoms with Crippen LogP contribution in [-0.4, -0.2) is 35.4 Å². The van der Waals surface area contributed by atoms with Crippen molar-refractivity contribution in [3.05, 3.63) is 69.2 Å². The number of hydrogen-bond donors (Lipinski definition) is 1. The van der Waals surface area contributed by atoms with E-state index in [2.05, 4.69) is 0 Å². The number of hydrogen-bond acceptors (Lipinski definition) is 4. The van der Waals surface area contributed by atoms with E-state index in [-0.39, 0.29) is 16.9 Å². The zero-order valence-electron chi connectivity index (χ0n) is 16.1. The summed E-state index contributed by atoms with van der Waals surface area (Å²) < 4.78 is 5.31. The van der Waals surface area contributed by atoms with Crippen molar-refractivity contribution < 1.29 is 19.4 Å². The van der Waals surface area contributed by atoms with E-state index in [0.29, 0.717) is 27.9 Å². The summed E-state index contributed by atoms with van der Waals surface area (Å²) in [4.78, 5) is 27.2. The molecule has 1 aliphatic rings. The van der Waals surface area contributed by atoms with E-state index in [0.717, 1.165) is 12.8 Å². The Morgan fingerprint density at radius 2 is 1.76 bits per heavy atom. The first-order chi connectivity index (χ1) is 13.9. The highest BCUT2D eigenvalue weighted by Gasteiger charge is 2.46. The Morgan fingerprint density at radius 3 is 2.38 bits per heavy atom. The van der Waals surface area contributed by atoms with Crippen molar-refractivity contribution in [1.82, 2.24) is 4.90 Å². The van der Waals surface area contributed by atoms with E-state index >= 15 is 0 Å². The van der Waals surface area contributed by atoms with Crippen molar-refractivity contribution in [1.29, 1.82) is 0 Å². The molecule has 0 aliphatic carbocycles. The first kappa shape index (κ1) is 21.2. The standard InChI is InChI=1S/C22H21Cl2NO4/c1-3-4-11-25-19(13-5-7-14(23)8-6-13)18(21(27)22(25)28)20(26)16-12-15(24)9-10-17(16)29-2/h5-10,12,19,26H,3-4,11H2,1-2H3/b20-18+. The molecule has 2 aromatic carbocycles. The molecule has 1 fully saturated rings. The van der Waals surface area contributed by atoms with Gasteiger partial charge in [0.15, 0.2) is 0 Å². The van der Waals surface area contributed by atoms with Crippen molar-refractivity contribution in [3.63, 3.8) is 0 Å². The minimum absolute atomic E-state index is 0.00833. The number of carbonyl (C=O) groups is 2. The van der Waals surface area contributed by atoms with Crippen LogP contribution in [0.4, 0.5) is 0 Å². The predicted octanol–water partition coefficient (Wildman–Crippen LogP) is 5.22. The fourth-order valence-corrected chi connectivity index (χ4v) is 3.74. The number of aliphatic hydroxyl groups is 1. The molecule has 5 nitrogen and oxygen atoms in total. The van der Waals surface area contributed by atoms with Gasteiger partial charge in [0.2, 0.25) is 0 Å². The Hall–Kier alpha value is -2.50. The predicted molar refractivity (Wildman–Crippen MR) is 113 cm³/mol. The maximum atomic E-state index is 12.9. The van der Waals surface area contributed by atoms with Crippen LogP contribution in [0.15, 0.2) is 48.0 Å². The molecule has 0 aromatic heterocycles. The fraction of sp³-hybridized carbons (Fsp3) is 0.273. The molecule has 1 aliphatic heterocycles. The number of rotatable bonds is 6. The van der Waals surface area contributed by atoms with Gasteiger partial charge in [0.1, 0.15) is 11.5 Å². The summed E-state index contributed by atoms with van der Waals surface area (Å²) >= 11 is 12.1. The lowest BCUT2D eigenvalue weighted by Crippen LogP contribution is -2.30. The highest BCUT2D eigenvalue weighted by molar-refractivity contribution is 6.46. The molecule has 29 heavy (non-hydrogen) atoms. The maximum absolute atomic E-state index is 12.9. The molecule has 1 unspecified atom stereocenters. The van der Waals surface area contributed by atoms with Gasteiger partial charge in [-0.2, -0.15) is 0 Å². The smallest absolute Gasteiger partial charge is 0.295 e. The fourth-order valence-electron chi connectivity index (χ4n) is 3.44. The second-order valence-corrected chi connectivity index (χ2v) is 7.62. The molecule has 0 spiro atoms. The number of nitrogens with zero attached hydrogens (tertiary/aromatic N) is 1. The second-order valence-electron chi connectivity index (χ2n) is 6.74. The molecule has 152 valence electrons. The molecular formula is C22H21Cl2NO4. The molecule has 1 saturated heterocycles. The van der Waals surface area contributed by atoms with Crippen molar-refractivity contribution in [2.45, 2.75) is 25.8 Å². The van der Waals surface area contributed by atoms with Gasteiger partial charge >= 0.3 is 0 Å². The third-order valence-electron chi connectivity index (χ3n) is 4.89. The number of unbranched alkanes of at least 4 members (excludes halogenated alkanes) is 1. The van der Waals surface area contributed by atoms with Gasteiger partial charge in [-0.25, -0.2) is 0 Å². The van der Waals surface area contributed by atoms with Crippen molar-refractivity contribution in [2.75, 3.05) is 13.7 Å². The normalized spacial score (nSPS) is 18.3. The zero-order chi connectivity index (χ0) is 21.1. The summed E-state index contributed by atoms with van der Waals surface area (Å²) in [6.07, 6.45) is 1.59. The topological polar surface area (TPSA) is 66.8 Å². The van der Waals surface area contributed by atoms with Crippen LogP contribution in [-0.2, 0) is 9.59 Å². The molecule has 3 rings (SSSR count). The average molecular weight is 434 g/mol. The van der Waals surface area contributed by atoms with Gasteiger partial charge in [0.25, 0.3) is 11.7 Å². The molecular weight excluding hydrogens is 413 g/mol. The summed E-state index contributed by atoms with van der Waals surface area (Å²) in [5, 5.41) is 12.0. The molecule has 1 N–H and O–H groups in total. The van der Waals surface area contributed by atoms with Gasteiger partial charge in [0, 0.05) is 16.6 Å². The van der Waals surface area contributed by atoms with Gasteiger partial charge in [0.05, 0.1) is 24.3 Å². The van der Waals surface area contributed by atoms with E-state index in [1.165, 1.54) is 18.1 Å². The summed E-state index contributed by atoms with van der Waals surface area (Å²) in [7, 11) is 1.45. The lowest BCUT2D eigenvalue weighted by Gasteiger charge is -2.25. The molecule has 0 saturated carbocycles. The number of likely N-dealkylation sites (tertiary alicyclic amines) is 1. The largest absolute Gasteiger partial charge is 0.507 e. The molecule has 1 amide bonds.